The van der Waals surface area contributed by atoms with Crippen molar-refractivity contribution in [3.8, 4) is 0 Å². The third-order valence-electron chi connectivity index (χ3n) is 5.24. The lowest BCUT2D eigenvalue weighted by molar-refractivity contribution is -0.261. The lowest BCUT2D eigenvalue weighted by Gasteiger charge is -2.46. The predicted octanol–water partition coefficient (Wildman–Crippen LogP) is -1.87. The quantitative estimate of drug-likeness (QED) is 0.239. The van der Waals surface area contributed by atoms with E-state index in [1.165, 1.54) is 6.92 Å². The van der Waals surface area contributed by atoms with Gasteiger partial charge >= 0.3 is 5.97 Å². The number of aryl methyl sites for hydroxylation is 1. The Bertz CT molecular complexity index is 728. The average Bonchev–Trinajstić information content (AvgIpc) is 2.73. The fraction of sp³-hybridized carbons (Fsp3) is 0.600. The second-order valence-corrected chi connectivity index (χ2v) is 7.73. The van der Waals surface area contributed by atoms with Gasteiger partial charge in [0.2, 0.25) is 5.91 Å². The van der Waals surface area contributed by atoms with Gasteiger partial charge in [0, 0.05) is 6.54 Å². The minimum absolute atomic E-state index is 0.114. The highest BCUT2D eigenvalue weighted by atomic mass is 16.6. The first kappa shape index (κ1) is 24.2. The number of carboxylic acid groups (broad SMARTS) is 1. The highest BCUT2D eigenvalue weighted by molar-refractivity contribution is 5.82. The minimum atomic E-state index is -1.89. The summed E-state index contributed by atoms with van der Waals surface area (Å²) >= 11 is 0. The number of nitrogens with one attached hydrogen (secondary N) is 2. The fourth-order valence-corrected chi connectivity index (χ4v) is 3.14. The molecule has 2 rings (SSSR count). The molecule has 0 aliphatic carbocycles. The van der Waals surface area contributed by atoms with Gasteiger partial charge in [-0.1, -0.05) is 36.8 Å². The number of carbonyl (C=O) groups excluding carboxylic acids is 1. The van der Waals surface area contributed by atoms with E-state index in [-0.39, 0.29) is 19.6 Å². The maximum absolute atomic E-state index is 12.8. The molecule has 168 valence electrons. The first-order valence-corrected chi connectivity index (χ1v) is 9.72. The summed E-state index contributed by atoms with van der Waals surface area (Å²) < 4.78 is 5.42. The molecule has 1 amide bonds. The van der Waals surface area contributed by atoms with Crippen LogP contribution in [0.1, 0.15) is 18.1 Å². The first-order valence-electron chi connectivity index (χ1n) is 9.72. The van der Waals surface area contributed by atoms with Crippen molar-refractivity contribution in [2.75, 3.05) is 19.8 Å². The van der Waals surface area contributed by atoms with Gasteiger partial charge in [-0.25, -0.2) is 0 Å². The Labute approximate surface area is 174 Å². The molecular formula is C20H30N2O8. The highest BCUT2D eigenvalue weighted by Gasteiger charge is 2.50. The molecule has 30 heavy (non-hydrogen) atoms. The number of rotatable bonds is 9. The van der Waals surface area contributed by atoms with E-state index in [2.05, 4.69) is 10.6 Å². The lowest BCUT2D eigenvalue weighted by atomic mass is 9.93. The zero-order chi connectivity index (χ0) is 22.5. The largest absolute Gasteiger partial charge is 0.481 e. The smallest absolute Gasteiger partial charge is 0.308 e. The molecule has 0 spiro atoms. The second-order valence-electron chi connectivity index (χ2n) is 7.73. The normalized spacial score (nSPS) is 28.5. The van der Waals surface area contributed by atoms with E-state index in [0.29, 0.717) is 0 Å². The van der Waals surface area contributed by atoms with E-state index >= 15 is 0 Å². The van der Waals surface area contributed by atoms with Crippen LogP contribution in [0.3, 0.4) is 0 Å². The van der Waals surface area contributed by atoms with E-state index in [1.54, 1.807) is 0 Å². The lowest BCUT2D eigenvalue weighted by Crippen LogP contribution is -2.72. The van der Waals surface area contributed by atoms with Crippen LogP contribution in [0.25, 0.3) is 0 Å². The van der Waals surface area contributed by atoms with Crippen LogP contribution in [-0.4, -0.2) is 87.2 Å². The van der Waals surface area contributed by atoms with Gasteiger partial charge in [-0.05, 0) is 18.9 Å². The van der Waals surface area contributed by atoms with Crippen molar-refractivity contribution in [1.29, 1.82) is 0 Å². The maximum atomic E-state index is 12.8. The number of carbonyl (C=O) groups is 2. The van der Waals surface area contributed by atoms with E-state index in [9.17, 15) is 30.0 Å². The maximum Gasteiger partial charge on any atom is 0.308 e. The molecule has 1 heterocycles. The molecule has 6 atom stereocenters. The molecule has 10 heteroatoms. The summed E-state index contributed by atoms with van der Waals surface area (Å²) in [4.78, 5) is 23.9. The number of hydrogen-bond donors (Lipinski definition) is 7. The highest BCUT2D eigenvalue weighted by Crippen LogP contribution is 2.25. The predicted molar refractivity (Wildman–Crippen MR) is 105 cm³/mol. The average molecular weight is 426 g/mol. The van der Waals surface area contributed by atoms with Crippen molar-refractivity contribution in [3.05, 3.63) is 35.4 Å². The summed E-state index contributed by atoms with van der Waals surface area (Å²) in [5.74, 6) is -2.43. The summed E-state index contributed by atoms with van der Waals surface area (Å²) in [6.07, 6.45) is -4.50. The number of aliphatic hydroxyl groups is 4. The third-order valence-corrected chi connectivity index (χ3v) is 5.24. The number of ether oxygens (including phenoxy) is 1. The molecule has 1 aromatic rings. The van der Waals surface area contributed by atoms with Crippen molar-refractivity contribution in [2.45, 2.75) is 50.3 Å². The molecule has 1 aliphatic heterocycles. The number of aliphatic hydroxyl groups excluding tert-OH is 4. The van der Waals surface area contributed by atoms with E-state index in [1.807, 2.05) is 31.2 Å². The van der Waals surface area contributed by atoms with Crippen molar-refractivity contribution < 1.29 is 39.9 Å². The summed E-state index contributed by atoms with van der Waals surface area (Å²) in [5, 5.41) is 54.4. The zero-order valence-electron chi connectivity index (χ0n) is 17.0. The molecule has 0 bridgehead atoms. The number of hydrogen-bond acceptors (Lipinski definition) is 8. The van der Waals surface area contributed by atoms with Crippen LogP contribution in [0, 0.1) is 12.8 Å². The molecule has 10 nitrogen and oxygen atoms in total. The van der Waals surface area contributed by atoms with Crippen LogP contribution in [0.15, 0.2) is 24.3 Å². The molecule has 0 radical (unpaired) electrons. The SMILES string of the molecule is Cc1ccc(C[C@H](N[C@]2(CO)OC[C@@H](O)[C@@H](O)[C@@H]2O)C(=O)NC[C@H](C)C(=O)O)cc1. The Morgan fingerprint density at radius 2 is 1.87 bits per heavy atom. The molecule has 0 aromatic heterocycles. The van der Waals surface area contributed by atoms with Crippen LogP contribution in [-0.2, 0) is 20.7 Å². The van der Waals surface area contributed by atoms with Gasteiger partial charge in [0.15, 0.2) is 5.72 Å². The molecule has 1 saturated heterocycles. The Kier molecular flexibility index (Phi) is 8.30. The number of amides is 1. The van der Waals surface area contributed by atoms with Gasteiger partial charge in [-0.2, -0.15) is 0 Å². The Morgan fingerprint density at radius 1 is 1.23 bits per heavy atom. The molecule has 1 fully saturated rings. The molecule has 0 saturated carbocycles. The minimum Gasteiger partial charge on any atom is -0.481 e. The first-order chi connectivity index (χ1) is 14.1. The Hall–Kier alpha value is -2.08. The molecule has 0 unspecified atom stereocenters. The van der Waals surface area contributed by atoms with Gasteiger partial charge in [0.25, 0.3) is 0 Å². The summed E-state index contributed by atoms with van der Waals surface area (Å²) in [6.45, 7) is 2.12. The monoisotopic (exact) mass is 426 g/mol. The Balaban J connectivity index is 2.23. The standard InChI is InChI=1S/C20H30N2O8/c1-11-3-5-13(6-4-11)7-14(18(27)21-8-12(2)19(28)29)22-20(10-23)17(26)16(25)15(24)9-30-20/h3-6,12,14-17,22-26H,7-10H2,1-2H3,(H,21,27)(H,28,29)/t12-,14-,15+,16+,17-,20+/m0/s1. The van der Waals surface area contributed by atoms with Crippen LogP contribution in [0.4, 0.5) is 0 Å². The summed E-state index contributed by atoms with van der Waals surface area (Å²) in [5.41, 5.74) is -0.0829. The van der Waals surface area contributed by atoms with E-state index in [4.69, 9.17) is 9.84 Å². The fourth-order valence-electron chi connectivity index (χ4n) is 3.14. The molecule has 1 aliphatic rings. The zero-order valence-corrected chi connectivity index (χ0v) is 17.0. The van der Waals surface area contributed by atoms with Crippen molar-refractivity contribution >= 4 is 11.9 Å². The van der Waals surface area contributed by atoms with Crippen LogP contribution < -0.4 is 10.6 Å². The van der Waals surface area contributed by atoms with Crippen LogP contribution >= 0.6 is 0 Å². The summed E-state index contributed by atoms with van der Waals surface area (Å²) in [7, 11) is 0. The van der Waals surface area contributed by atoms with E-state index in [0.717, 1.165) is 11.1 Å². The van der Waals surface area contributed by atoms with Gasteiger partial charge in [0.1, 0.15) is 18.3 Å². The number of aliphatic carboxylic acids is 1. The molecular weight excluding hydrogens is 396 g/mol. The van der Waals surface area contributed by atoms with E-state index < -0.39 is 54.5 Å². The second kappa shape index (κ2) is 10.3. The number of benzene rings is 1. The van der Waals surface area contributed by atoms with Crippen molar-refractivity contribution in [2.24, 2.45) is 5.92 Å². The molecule has 1 aromatic carbocycles. The topological polar surface area (TPSA) is 169 Å². The summed E-state index contributed by atoms with van der Waals surface area (Å²) in [6, 6.07) is 6.34. The van der Waals surface area contributed by atoms with Gasteiger partial charge in [0.05, 0.1) is 25.2 Å². The third kappa shape index (κ3) is 5.75. The van der Waals surface area contributed by atoms with Crippen LogP contribution in [0.2, 0.25) is 0 Å². The number of carboxylic acids is 1. The van der Waals surface area contributed by atoms with Gasteiger partial charge in [-0.15, -0.1) is 0 Å². The van der Waals surface area contributed by atoms with Gasteiger partial charge in [-0.3, -0.25) is 14.9 Å². The Morgan fingerprint density at radius 3 is 2.43 bits per heavy atom. The molecule has 7 N–H and O–H groups in total. The van der Waals surface area contributed by atoms with Gasteiger partial charge < -0.3 is 35.6 Å². The van der Waals surface area contributed by atoms with Crippen molar-refractivity contribution in [1.82, 2.24) is 10.6 Å². The van der Waals surface area contributed by atoms with Crippen molar-refractivity contribution in [3.63, 3.8) is 0 Å². The van der Waals surface area contributed by atoms with Crippen LogP contribution in [0.5, 0.6) is 0 Å².